The average Bonchev–Trinajstić information content (AvgIpc) is 2.46. The Hall–Kier alpha value is -2.83. The first-order valence-corrected chi connectivity index (χ1v) is 6.67. The SMILES string of the molecule is CC(=O)NCCCOC(=O)Oc1ccc2ccc(=O)oc2c1. The second-order valence-electron chi connectivity index (χ2n) is 4.49. The minimum atomic E-state index is -0.861. The number of ether oxygens (including phenoxy) is 2. The van der Waals surface area contributed by atoms with Crippen molar-refractivity contribution in [3.63, 3.8) is 0 Å². The first kappa shape index (κ1) is 15.6. The summed E-state index contributed by atoms with van der Waals surface area (Å²) in [4.78, 5) is 33.3. The van der Waals surface area contributed by atoms with Gasteiger partial charge < -0.3 is 19.2 Å². The molecule has 1 N–H and O–H groups in total. The number of amides is 1. The molecule has 0 aliphatic carbocycles. The summed E-state index contributed by atoms with van der Waals surface area (Å²) in [6.45, 7) is 1.96. The van der Waals surface area contributed by atoms with Crippen LogP contribution < -0.4 is 15.7 Å². The van der Waals surface area contributed by atoms with Gasteiger partial charge in [0.2, 0.25) is 5.91 Å². The molecule has 2 aromatic rings. The maximum atomic E-state index is 11.5. The number of nitrogens with one attached hydrogen (secondary N) is 1. The fourth-order valence-corrected chi connectivity index (χ4v) is 1.72. The van der Waals surface area contributed by atoms with Crippen molar-refractivity contribution in [2.45, 2.75) is 13.3 Å². The molecule has 0 atom stereocenters. The first-order chi connectivity index (χ1) is 10.5. The van der Waals surface area contributed by atoms with Crippen molar-refractivity contribution in [3.05, 3.63) is 40.8 Å². The number of carbonyl (C=O) groups excluding carboxylic acids is 2. The lowest BCUT2D eigenvalue weighted by molar-refractivity contribution is -0.118. The molecule has 1 heterocycles. The molecule has 0 radical (unpaired) electrons. The van der Waals surface area contributed by atoms with Crippen molar-refractivity contribution in [1.82, 2.24) is 5.32 Å². The smallest absolute Gasteiger partial charge is 0.434 e. The second-order valence-corrected chi connectivity index (χ2v) is 4.49. The van der Waals surface area contributed by atoms with Crippen LogP contribution in [0.4, 0.5) is 4.79 Å². The van der Waals surface area contributed by atoms with E-state index in [0.717, 1.165) is 5.39 Å². The molecule has 0 aliphatic heterocycles. The lowest BCUT2D eigenvalue weighted by atomic mass is 10.2. The van der Waals surface area contributed by atoms with E-state index in [2.05, 4.69) is 5.32 Å². The van der Waals surface area contributed by atoms with Crippen molar-refractivity contribution in [3.8, 4) is 5.75 Å². The largest absolute Gasteiger partial charge is 0.513 e. The lowest BCUT2D eigenvalue weighted by Crippen LogP contribution is -2.22. The molecule has 0 spiro atoms. The van der Waals surface area contributed by atoms with Crippen LogP contribution in [0.15, 0.2) is 39.5 Å². The predicted molar refractivity (Wildman–Crippen MR) is 77.8 cm³/mol. The molecule has 0 bridgehead atoms. The van der Waals surface area contributed by atoms with E-state index in [1.54, 1.807) is 18.2 Å². The number of fused-ring (bicyclic) bond motifs is 1. The summed E-state index contributed by atoms with van der Waals surface area (Å²) in [5.74, 6) is 0.0777. The van der Waals surface area contributed by atoms with E-state index in [4.69, 9.17) is 13.9 Å². The van der Waals surface area contributed by atoms with Crippen LogP contribution in [0.25, 0.3) is 11.0 Å². The van der Waals surface area contributed by atoms with Crippen LogP contribution in [0, 0.1) is 0 Å². The van der Waals surface area contributed by atoms with Crippen LogP contribution in [0.2, 0.25) is 0 Å². The molecule has 7 nitrogen and oxygen atoms in total. The molecule has 7 heteroatoms. The summed E-state index contributed by atoms with van der Waals surface area (Å²) in [5.41, 5.74) is -0.159. The van der Waals surface area contributed by atoms with E-state index in [1.165, 1.54) is 19.1 Å². The van der Waals surface area contributed by atoms with Crippen LogP contribution in [0.5, 0.6) is 5.75 Å². The summed E-state index contributed by atoms with van der Waals surface area (Å²) in [5, 5.41) is 3.30. The zero-order valence-corrected chi connectivity index (χ0v) is 12.0. The number of rotatable bonds is 5. The van der Waals surface area contributed by atoms with Gasteiger partial charge in [-0.05, 0) is 24.6 Å². The van der Waals surface area contributed by atoms with Gasteiger partial charge >= 0.3 is 11.8 Å². The quantitative estimate of drug-likeness (QED) is 0.392. The average molecular weight is 305 g/mol. The Balaban J connectivity index is 1.86. The van der Waals surface area contributed by atoms with Crippen molar-refractivity contribution in [1.29, 1.82) is 0 Å². The fraction of sp³-hybridized carbons (Fsp3) is 0.267. The monoisotopic (exact) mass is 305 g/mol. The molecule has 0 saturated carbocycles. The highest BCUT2D eigenvalue weighted by molar-refractivity contribution is 5.78. The van der Waals surface area contributed by atoms with E-state index in [0.29, 0.717) is 18.5 Å². The van der Waals surface area contributed by atoms with Crippen molar-refractivity contribution in [2.75, 3.05) is 13.2 Å². The molecule has 1 aromatic carbocycles. The molecule has 2 rings (SSSR count). The third kappa shape index (κ3) is 4.62. The molecule has 0 fully saturated rings. The zero-order valence-electron chi connectivity index (χ0n) is 12.0. The van der Waals surface area contributed by atoms with Gasteiger partial charge in [-0.2, -0.15) is 0 Å². The highest BCUT2D eigenvalue weighted by Crippen LogP contribution is 2.19. The van der Waals surface area contributed by atoms with Gasteiger partial charge in [-0.15, -0.1) is 0 Å². The van der Waals surface area contributed by atoms with Gasteiger partial charge in [0.15, 0.2) is 0 Å². The van der Waals surface area contributed by atoms with E-state index in [1.807, 2.05) is 0 Å². The van der Waals surface area contributed by atoms with E-state index in [9.17, 15) is 14.4 Å². The van der Waals surface area contributed by atoms with Crippen LogP contribution in [0.3, 0.4) is 0 Å². The Kier molecular flexibility index (Phi) is 5.13. The zero-order chi connectivity index (χ0) is 15.9. The van der Waals surface area contributed by atoms with Crippen molar-refractivity contribution >= 4 is 23.0 Å². The van der Waals surface area contributed by atoms with Gasteiger partial charge in [0.1, 0.15) is 11.3 Å². The summed E-state index contributed by atoms with van der Waals surface area (Å²) in [6, 6.07) is 7.60. The van der Waals surface area contributed by atoms with Gasteiger partial charge in [-0.25, -0.2) is 9.59 Å². The van der Waals surface area contributed by atoms with Gasteiger partial charge in [-0.3, -0.25) is 4.79 Å². The van der Waals surface area contributed by atoms with Crippen LogP contribution in [-0.2, 0) is 9.53 Å². The summed E-state index contributed by atoms with van der Waals surface area (Å²) in [7, 11) is 0. The van der Waals surface area contributed by atoms with Crippen molar-refractivity contribution < 1.29 is 23.5 Å². The van der Waals surface area contributed by atoms with Crippen LogP contribution in [0.1, 0.15) is 13.3 Å². The fourth-order valence-electron chi connectivity index (χ4n) is 1.72. The Bertz CT molecular complexity index is 736. The minimum Gasteiger partial charge on any atom is -0.434 e. The third-order valence-corrected chi connectivity index (χ3v) is 2.71. The Morgan fingerprint density at radius 2 is 2.00 bits per heavy atom. The standard InChI is InChI=1S/C15H15NO6/c1-10(17)16-7-2-8-20-15(19)21-12-5-3-11-4-6-14(18)22-13(11)9-12/h3-6,9H,2,7-8H2,1H3,(H,16,17). The lowest BCUT2D eigenvalue weighted by Gasteiger charge is -2.06. The number of hydrogen-bond acceptors (Lipinski definition) is 6. The molecular formula is C15H15NO6. The maximum absolute atomic E-state index is 11.5. The topological polar surface area (TPSA) is 94.8 Å². The second kappa shape index (κ2) is 7.26. The van der Waals surface area contributed by atoms with Crippen molar-refractivity contribution in [2.24, 2.45) is 0 Å². The predicted octanol–water partition coefficient (Wildman–Crippen LogP) is 1.83. The molecule has 0 unspecified atom stereocenters. The van der Waals surface area contributed by atoms with Gasteiger partial charge in [-0.1, -0.05) is 0 Å². The Morgan fingerprint density at radius 3 is 2.77 bits per heavy atom. The number of carbonyl (C=O) groups is 2. The summed E-state index contributed by atoms with van der Waals surface area (Å²) in [6.07, 6.45) is -0.373. The molecular weight excluding hydrogens is 290 g/mol. The highest BCUT2D eigenvalue weighted by atomic mass is 16.7. The first-order valence-electron chi connectivity index (χ1n) is 6.67. The Morgan fingerprint density at radius 1 is 1.23 bits per heavy atom. The maximum Gasteiger partial charge on any atom is 0.513 e. The van der Waals surface area contributed by atoms with E-state index < -0.39 is 11.8 Å². The van der Waals surface area contributed by atoms with Gasteiger partial charge in [0.05, 0.1) is 6.61 Å². The molecule has 0 aliphatic rings. The molecule has 116 valence electrons. The molecule has 1 amide bonds. The summed E-state index contributed by atoms with van der Waals surface area (Å²) >= 11 is 0. The van der Waals surface area contributed by atoms with E-state index in [-0.39, 0.29) is 18.3 Å². The normalized spacial score (nSPS) is 10.2. The number of hydrogen-bond donors (Lipinski definition) is 1. The van der Waals surface area contributed by atoms with Crippen LogP contribution in [-0.4, -0.2) is 25.2 Å². The third-order valence-electron chi connectivity index (χ3n) is 2.71. The Labute approximate surface area is 125 Å². The highest BCUT2D eigenvalue weighted by Gasteiger charge is 2.07. The minimum absolute atomic E-state index is 0.127. The van der Waals surface area contributed by atoms with Gasteiger partial charge in [0, 0.05) is 31.0 Å². The van der Waals surface area contributed by atoms with Crippen LogP contribution >= 0.6 is 0 Å². The molecule has 1 aromatic heterocycles. The molecule has 0 saturated heterocycles. The van der Waals surface area contributed by atoms with Gasteiger partial charge in [0.25, 0.3) is 0 Å². The number of benzene rings is 1. The van der Waals surface area contributed by atoms with E-state index >= 15 is 0 Å². The summed E-state index contributed by atoms with van der Waals surface area (Å²) < 4.78 is 14.8. The molecule has 22 heavy (non-hydrogen) atoms.